The molecule has 0 saturated carbocycles. The number of nitrogens with one attached hydrogen (secondary N) is 1. The lowest BCUT2D eigenvalue weighted by molar-refractivity contribution is -0.132. The molecule has 0 saturated heterocycles. The first kappa shape index (κ1) is 28.3. The summed E-state index contributed by atoms with van der Waals surface area (Å²) < 4.78 is 5.63. The summed E-state index contributed by atoms with van der Waals surface area (Å²) in [5.41, 5.74) is 4.92. The zero-order chi connectivity index (χ0) is 30.9. The Morgan fingerprint density at radius 1 is 0.844 bits per heavy atom. The predicted octanol–water partition coefficient (Wildman–Crippen LogP) is 5.81. The van der Waals surface area contributed by atoms with E-state index in [-0.39, 0.29) is 24.8 Å². The van der Waals surface area contributed by atoms with Gasteiger partial charge in [0.2, 0.25) is 17.7 Å². The molecule has 45 heavy (non-hydrogen) atoms. The van der Waals surface area contributed by atoms with Gasteiger partial charge in [0.25, 0.3) is 0 Å². The van der Waals surface area contributed by atoms with Crippen LogP contribution in [0.5, 0.6) is 5.75 Å². The number of amides is 3. The molecular weight excluding hydrogens is 566 g/mol. The first-order valence-electron chi connectivity index (χ1n) is 15.2. The first-order chi connectivity index (χ1) is 22.0. The molecule has 9 heteroatoms. The number of aromatic nitrogens is 2. The highest BCUT2D eigenvalue weighted by Gasteiger charge is 2.42. The maximum absolute atomic E-state index is 14.6. The number of nitrogens with zero attached hydrogens (tertiary/aromatic N) is 4. The maximum atomic E-state index is 14.6. The van der Waals surface area contributed by atoms with E-state index in [2.05, 4.69) is 10.2 Å². The number of H-pyrrole nitrogens is 1. The summed E-state index contributed by atoms with van der Waals surface area (Å²) in [4.78, 5) is 48.3. The minimum absolute atomic E-state index is 0.0768. The van der Waals surface area contributed by atoms with Crippen molar-refractivity contribution in [2.75, 3.05) is 34.9 Å². The average Bonchev–Trinajstić information content (AvgIpc) is 3.31. The van der Waals surface area contributed by atoms with Crippen molar-refractivity contribution in [3.8, 4) is 5.75 Å². The second kappa shape index (κ2) is 11.9. The third kappa shape index (κ3) is 5.10. The molecule has 4 aromatic carbocycles. The largest absolute Gasteiger partial charge is 0.496 e. The number of rotatable bonds is 6. The number of hydrogen-bond donors (Lipinski definition) is 1. The smallest absolute Gasteiger partial charge is 0.247 e. The molecule has 5 aromatic rings. The predicted molar refractivity (Wildman–Crippen MR) is 174 cm³/mol. The molecule has 1 atom stereocenters. The van der Waals surface area contributed by atoms with Crippen molar-refractivity contribution in [2.24, 2.45) is 5.92 Å². The Morgan fingerprint density at radius 2 is 1.58 bits per heavy atom. The lowest BCUT2D eigenvalue weighted by Gasteiger charge is -2.29. The Labute approximate surface area is 261 Å². The van der Waals surface area contributed by atoms with E-state index >= 15 is 0 Å². The number of para-hydroxylation sites is 4. The Kier molecular flexibility index (Phi) is 7.51. The maximum Gasteiger partial charge on any atom is 0.247 e. The molecule has 2 aliphatic rings. The molecule has 3 amide bonds. The van der Waals surface area contributed by atoms with E-state index < -0.39 is 11.8 Å². The number of ether oxygens (including phenoxy) is 1. The summed E-state index contributed by atoms with van der Waals surface area (Å²) in [5.74, 6) is -1.40. The standard InChI is InChI=1S/C36H33N5O4/c1-45-33-20-11-19-30-26(33)15-9-10-21-39(30)34(42)23-40-31-17-7-8-18-32(31)41(24-12-3-2-4-13-24)36(44)27(35(40)43)22-29-25-14-5-6-16-28(25)37-38-29/h2-8,11-14,16-20,27H,9-10,15,21-23H2,1H3,(H,37,38). The highest BCUT2D eigenvalue weighted by Crippen LogP contribution is 2.41. The van der Waals surface area contributed by atoms with Crippen molar-refractivity contribution in [1.29, 1.82) is 0 Å². The minimum atomic E-state index is -1.12. The lowest BCUT2D eigenvalue weighted by atomic mass is 9.98. The summed E-state index contributed by atoms with van der Waals surface area (Å²) in [7, 11) is 1.64. The van der Waals surface area contributed by atoms with Gasteiger partial charge in [-0.05, 0) is 61.7 Å². The molecule has 3 heterocycles. The fourth-order valence-electron chi connectivity index (χ4n) is 6.54. The fourth-order valence-corrected chi connectivity index (χ4v) is 6.54. The van der Waals surface area contributed by atoms with Gasteiger partial charge < -0.3 is 14.5 Å². The zero-order valence-electron chi connectivity index (χ0n) is 25.0. The van der Waals surface area contributed by atoms with Crippen LogP contribution in [-0.4, -0.2) is 48.1 Å². The first-order valence-corrected chi connectivity index (χ1v) is 15.2. The van der Waals surface area contributed by atoms with E-state index in [9.17, 15) is 14.4 Å². The molecule has 1 aromatic heterocycles. The summed E-state index contributed by atoms with van der Waals surface area (Å²) in [6, 6.07) is 30.0. The fraction of sp³-hybridized carbons (Fsp3) is 0.222. The van der Waals surface area contributed by atoms with Gasteiger partial charge in [0.15, 0.2) is 0 Å². The average molecular weight is 600 g/mol. The number of anilines is 4. The van der Waals surface area contributed by atoms with E-state index in [0.717, 1.165) is 47.2 Å². The number of benzene rings is 4. The second-order valence-electron chi connectivity index (χ2n) is 11.4. The lowest BCUT2D eigenvalue weighted by Crippen LogP contribution is -2.47. The molecule has 0 fully saturated rings. The van der Waals surface area contributed by atoms with Crippen LogP contribution in [-0.2, 0) is 27.2 Å². The number of carbonyl (C=O) groups excluding carboxylic acids is 3. The zero-order valence-corrected chi connectivity index (χ0v) is 25.0. The number of carbonyl (C=O) groups is 3. The van der Waals surface area contributed by atoms with Crippen LogP contribution >= 0.6 is 0 Å². The highest BCUT2D eigenvalue weighted by atomic mass is 16.5. The van der Waals surface area contributed by atoms with Gasteiger partial charge in [0.1, 0.15) is 18.2 Å². The highest BCUT2D eigenvalue weighted by molar-refractivity contribution is 6.21. The second-order valence-corrected chi connectivity index (χ2v) is 11.4. The van der Waals surface area contributed by atoms with Gasteiger partial charge in [0, 0.05) is 29.6 Å². The van der Waals surface area contributed by atoms with Crippen LogP contribution in [0.25, 0.3) is 10.9 Å². The molecule has 0 spiro atoms. The van der Waals surface area contributed by atoms with Gasteiger partial charge in [-0.25, -0.2) is 0 Å². The Bertz CT molecular complexity index is 1900. The molecule has 2 aliphatic heterocycles. The number of aromatic amines is 1. The van der Waals surface area contributed by atoms with Crippen LogP contribution in [0.15, 0.2) is 97.1 Å². The molecule has 0 aliphatic carbocycles. The number of fused-ring (bicyclic) bond motifs is 3. The normalized spacial score (nSPS) is 16.6. The van der Waals surface area contributed by atoms with Crippen molar-refractivity contribution in [2.45, 2.75) is 25.7 Å². The summed E-state index contributed by atoms with van der Waals surface area (Å²) in [5, 5.41) is 8.37. The minimum Gasteiger partial charge on any atom is -0.496 e. The van der Waals surface area contributed by atoms with Crippen LogP contribution in [0.1, 0.15) is 24.1 Å². The van der Waals surface area contributed by atoms with E-state index in [4.69, 9.17) is 4.74 Å². The van der Waals surface area contributed by atoms with Crippen molar-refractivity contribution in [3.05, 3.63) is 108 Å². The van der Waals surface area contributed by atoms with Gasteiger partial charge in [0.05, 0.1) is 35.4 Å². The van der Waals surface area contributed by atoms with E-state index in [1.165, 1.54) is 4.90 Å². The molecule has 0 radical (unpaired) electrons. The van der Waals surface area contributed by atoms with Gasteiger partial charge in [-0.2, -0.15) is 5.10 Å². The Morgan fingerprint density at radius 3 is 2.40 bits per heavy atom. The number of methoxy groups -OCH3 is 1. The topological polar surface area (TPSA) is 98.8 Å². The summed E-state index contributed by atoms with van der Waals surface area (Å²) >= 11 is 0. The Hall–Kier alpha value is -5.44. The van der Waals surface area contributed by atoms with E-state index in [1.807, 2.05) is 91.0 Å². The van der Waals surface area contributed by atoms with Crippen LogP contribution in [0.4, 0.5) is 22.7 Å². The van der Waals surface area contributed by atoms with Crippen molar-refractivity contribution < 1.29 is 19.1 Å². The van der Waals surface area contributed by atoms with E-state index in [1.54, 1.807) is 23.0 Å². The monoisotopic (exact) mass is 599 g/mol. The van der Waals surface area contributed by atoms with Crippen LogP contribution in [0.3, 0.4) is 0 Å². The molecule has 0 bridgehead atoms. The molecule has 1 unspecified atom stereocenters. The van der Waals surface area contributed by atoms with E-state index in [0.29, 0.717) is 29.3 Å². The van der Waals surface area contributed by atoms with Gasteiger partial charge >= 0.3 is 0 Å². The van der Waals surface area contributed by atoms with Crippen LogP contribution in [0, 0.1) is 5.92 Å². The molecule has 1 N–H and O–H groups in total. The van der Waals surface area contributed by atoms with Gasteiger partial charge in [-0.15, -0.1) is 0 Å². The Balaban J connectivity index is 1.32. The molecular formula is C36H33N5O4. The summed E-state index contributed by atoms with van der Waals surface area (Å²) in [6.07, 6.45) is 2.62. The summed E-state index contributed by atoms with van der Waals surface area (Å²) in [6.45, 7) is 0.306. The number of hydrogen-bond acceptors (Lipinski definition) is 5. The van der Waals surface area contributed by atoms with Crippen molar-refractivity contribution in [3.63, 3.8) is 0 Å². The molecule has 226 valence electrons. The third-order valence-corrected chi connectivity index (χ3v) is 8.73. The van der Waals surface area contributed by atoms with Gasteiger partial charge in [-0.3, -0.25) is 24.4 Å². The van der Waals surface area contributed by atoms with Crippen LogP contribution in [0.2, 0.25) is 0 Å². The van der Waals surface area contributed by atoms with Crippen LogP contribution < -0.4 is 19.4 Å². The van der Waals surface area contributed by atoms with Gasteiger partial charge in [-0.1, -0.05) is 54.6 Å². The third-order valence-electron chi connectivity index (χ3n) is 8.73. The SMILES string of the molecule is COc1cccc2c1CCCCN2C(=O)CN1C(=O)C(Cc2n[nH]c3ccccc23)C(=O)N(c2ccccc2)c2ccccc21. The van der Waals surface area contributed by atoms with Crippen molar-refractivity contribution >= 4 is 51.4 Å². The molecule has 7 rings (SSSR count). The quantitative estimate of drug-likeness (QED) is 0.249. The molecule has 9 nitrogen and oxygen atoms in total. The van der Waals surface area contributed by atoms with Crippen molar-refractivity contribution in [1.82, 2.24) is 10.2 Å².